The Balaban J connectivity index is 1.86. The average Bonchev–Trinajstić information content (AvgIpc) is 2.93. The van der Waals surface area contributed by atoms with E-state index in [0.29, 0.717) is 11.3 Å². The normalized spacial score (nSPS) is 12.3. The predicted molar refractivity (Wildman–Crippen MR) is 80.5 cm³/mol. The highest BCUT2D eigenvalue weighted by atomic mass is 16.2. The van der Waals surface area contributed by atoms with Crippen LogP contribution in [0.15, 0.2) is 49.1 Å². The number of nitrogens with one attached hydrogen (secondary N) is 1. The number of anilines is 1. The maximum Gasteiger partial charge on any atom is 0.246 e. The van der Waals surface area contributed by atoms with E-state index in [4.69, 9.17) is 5.73 Å². The fourth-order valence-corrected chi connectivity index (χ4v) is 2.18. The van der Waals surface area contributed by atoms with Crippen LogP contribution in [0.3, 0.4) is 0 Å². The summed E-state index contributed by atoms with van der Waals surface area (Å²) < 4.78 is 1.62. The monoisotopic (exact) mass is 281 g/mol. The Bertz CT molecular complexity index is 790. The van der Waals surface area contributed by atoms with E-state index in [-0.39, 0.29) is 5.91 Å². The lowest BCUT2D eigenvalue weighted by molar-refractivity contribution is -0.117. The van der Waals surface area contributed by atoms with Gasteiger partial charge in [0, 0.05) is 36.6 Å². The zero-order valence-corrected chi connectivity index (χ0v) is 11.5. The molecule has 1 aromatic carbocycles. The Morgan fingerprint density at radius 1 is 1.33 bits per heavy atom. The highest BCUT2D eigenvalue weighted by Gasteiger charge is 2.18. The summed E-state index contributed by atoms with van der Waals surface area (Å²) >= 11 is 0. The van der Waals surface area contributed by atoms with Gasteiger partial charge in [0.1, 0.15) is 6.04 Å². The van der Waals surface area contributed by atoms with Gasteiger partial charge in [0.25, 0.3) is 0 Å². The van der Waals surface area contributed by atoms with Crippen LogP contribution < -0.4 is 11.1 Å². The third-order valence-corrected chi connectivity index (χ3v) is 3.31. The number of hydrogen-bond donors (Lipinski definition) is 2. The van der Waals surface area contributed by atoms with E-state index < -0.39 is 6.04 Å². The number of aryl methyl sites for hydroxylation is 1. The Hall–Kier alpha value is -2.73. The summed E-state index contributed by atoms with van der Waals surface area (Å²) in [5.74, 6) is -0.278. The van der Waals surface area contributed by atoms with E-state index in [9.17, 15) is 4.79 Å². The highest BCUT2D eigenvalue weighted by Crippen LogP contribution is 2.23. The zero-order chi connectivity index (χ0) is 14.8. The van der Waals surface area contributed by atoms with Crippen LogP contribution in [0.2, 0.25) is 0 Å². The van der Waals surface area contributed by atoms with Crippen molar-refractivity contribution >= 4 is 22.4 Å². The van der Waals surface area contributed by atoms with E-state index in [1.807, 2.05) is 24.3 Å². The fraction of sp³-hybridized carbons (Fsp3) is 0.133. The first kappa shape index (κ1) is 13.3. The molecule has 1 amide bonds. The number of carbonyl (C=O) groups excluding carboxylic acids is 1. The number of pyridine rings is 1. The first-order valence-electron chi connectivity index (χ1n) is 6.53. The quantitative estimate of drug-likeness (QED) is 0.763. The van der Waals surface area contributed by atoms with Crippen LogP contribution in [-0.4, -0.2) is 20.7 Å². The maximum atomic E-state index is 12.3. The van der Waals surface area contributed by atoms with E-state index >= 15 is 0 Å². The molecule has 0 aliphatic carbocycles. The number of nitrogens with zero attached hydrogens (tertiary/aromatic N) is 3. The molecule has 21 heavy (non-hydrogen) atoms. The molecule has 3 rings (SSSR count). The molecule has 3 aromatic rings. The van der Waals surface area contributed by atoms with Crippen molar-refractivity contribution in [1.82, 2.24) is 14.8 Å². The molecule has 0 aliphatic heterocycles. The van der Waals surface area contributed by atoms with Crippen LogP contribution in [-0.2, 0) is 11.8 Å². The fourth-order valence-electron chi connectivity index (χ4n) is 2.18. The number of aromatic nitrogens is 3. The second kappa shape index (κ2) is 5.34. The summed E-state index contributed by atoms with van der Waals surface area (Å²) in [4.78, 5) is 16.4. The van der Waals surface area contributed by atoms with E-state index in [2.05, 4.69) is 15.4 Å². The summed E-state index contributed by atoms with van der Waals surface area (Å²) in [6.45, 7) is 0. The van der Waals surface area contributed by atoms with Gasteiger partial charge in [-0.15, -0.1) is 0 Å². The minimum absolute atomic E-state index is 0.278. The molecule has 0 aliphatic rings. The summed E-state index contributed by atoms with van der Waals surface area (Å²) in [7, 11) is 1.78. The van der Waals surface area contributed by atoms with Crippen molar-refractivity contribution in [1.29, 1.82) is 0 Å². The van der Waals surface area contributed by atoms with Crippen LogP contribution in [0.25, 0.3) is 10.8 Å². The first-order valence-corrected chi connectivity index (χ1v) is 6.53. The van der Waals surface area contributed by atoms with Gasteiger partial charge in [0.2, 0.25) is 5.91 Å². The minimum Gasteiger partial charge on any atom is -0.324 e. The molecule has 0 fully saturated rings. The minimum atomic E-state index is -0.759. The number of fused-ring (bicyclic) bond motifs is 1. The van der Waals surface area contributed by atoms with Gasteiger partial charge in [-0.3, -0.25) is 14.5 Å². The van der Waals surface area contributed by atoms with Gasteiger partial charge in [-0.25, -0.2) is 0 Å². The van der Waals surface area contributed by atoms with Crippen molar-refractivity contribution in [3.8, 4) is 0 Å². The SMILES string of the molecule is Cn1cc(C(N)C(=O)Nc2cccc3ccncc23)cn1. The molecule has 6 nitrogen and oxygen atoms in total. The lowest BCUT2D eigenvalue weighted by Gasteiger charge is -2.12. The van der Waals surface area contributed by atoms with Crippen LogP contribution in [0.4, 0.5) is 5.69 Å². The van der Waals surface area contributed by atoms with Gasteiger partial charge >= 0.3 is 0 Å². The van der Waals surface area contributed by atoms with Gasteiger partial charge in [0.05, 0.1) is 11.9 Å². The third-order valence-electron chi connectivity index (χ3n) is 3.31. The molecule has 6 heteroatoms. The number of benzene rings is 1. The number of carbonyl (C=O) groups is 1. The van der Waals surface area contributed by atoms with Crippen molar-refractivity contribution in [2.75, 3.05) is 5.32 Å². The van der Waals surface area contributed by atoms with Crippen LogP contribution in [0, 0.1) is 0 Å². The second-order valence-corrected chi connectivity index (χ2v) is 4.82. The Labute approximate surface area is 121 Å². The Morgan fingerprint density at radius 3 is 2.95 bits per heavy atom. The van der Waals surface area contributed by atoms with E-state index in [1.165, 1.54) is 0 Å². The molecule has 0 saturated heterocycles. The molecular formula is C15H15N5O. The lowest BCUT2D eigenvalue weighted by Crippen LogP contribution is -2.27. The largest absolute Gasteiger partial charge is 0.324 e. The van der Waals surface area contributed by atoms with Gasteiger partial charge in [0.15, 0.2) is 0 Å². The van der Waals surface area contributed by atoms with Crippen LogP contribution >= 0.6 is 0 Å². The van der Waals surface area contributed by atoms with Crippen molar-refractivity contribution in [3.63, 3.8) is 0 Å². The lowest BCUT2D eigenvalue weighted by atomic mass is 10.1. The smallest absolute Gasteiger partial charge is 0.246 e. The second-order valence-electron chi connectivity index (χ2n) is 4.82. The summed E-state index contributed by atoms with van der Waals surface area (Å²) in [5.41, 5.74) is 7.34. The molecule has 1 atom stereocenters. The van der Waals surface area contributed by atoms with Gasteiger partial charge < -0.3 is 11.1 Å². The van der Waals surface area contributed by atoms with E-state index in [0.717, 1.165) is 10.8 Å². The van der Waals surface area contributed by atoms with Crippen molar-refractivity contribution in [2.45, 2.75) is 6.04 Å². The predicted octanol–water partition coefficient (Wildman–Crippen LogP) is 1.61. The summed E-state index contributed by atoms with van der Waals surface area (Å²) in [6.07, 6.45) is 6.76. The standard InChI is InChI=1S/C15H15N5O/c1-20-9-11(7-18-20)14(16)15(21)19-13-4-2-3-10-5-6-17-8-12(10)13/h2-9,14H,16H2,1H3,(H,19,21). The molecule has 0 saturated carbocycles. The van der Waals surface area contributed by atoms with Crippen molar-refractivity contribution in [3.05, 3.63) is 54.6 Å². The number of amides is 1. The van der Waals surface area contributed by atoms with E-state index in [1.54, 1.807) is 36.5 Å². The highest BCUT2D eigenvalue weighted by molar-refractivity contribution is 6.03. The molecule has 2 heterocycles. The molecule has 3 N–H and O–H groups in total. The molecular weight excluding hydrogens is 266 g/mol. The first-order chi connectivity index (χ1) is 10.1. The number of hydrogen-bond acceptors (Lipinski definition) is 4. The molecule has 1 unspecified atom stereocenters. The maximum absolute atomic E-state index is 12.3. The Kier molecular flexibility index (Phi) is 3.37. The van der Waals surface area contributed by atoms with Gasteiger partial charge in [-0.05, 0) is 17.5 Å². The summed E-state index contributed by atoms with van der Waals surface area (Å²) in [6, 6.07) is 6.82. The number of rotatable bonds is 3. The van der Waals surface area contributed by atoms with Crippen molar-refractivity contribution in [2.24, 2.45) is 12.8 Å². The molecule has 106 valence electrons. The molecule has 0 radical (unpaired) electrons. The molecule has 2 aromatic heterocycles. The van der Waals surface area contributed by atoms with Crippen LogP contribution in [0.5, 0.6) is 0 Å². The topological polar surface area (TPSA) is 85.8 Å². The van der Waals surface area contributed by atoms with Gasteiger partial charge in [-0.2, -0.15) is 5.10 Å². The third kappa shape index (κ3) is 2.61. The Morgan fingerprint density at radius 2 is 2.19 bits per heavy atom. The zero-order valence-electron chi connectivity index (χ0n) is 11.5. The van der Waals surface area contributed by atoms with Crippen LogP contribution in [0.1, 0.15) is 11.6 Å². The van der Waals surface area contributed by atoms with Gasteiger partial charge in [-0.1, -0.05) is 12.1 Å². The van der Waals surface area contributed by atoms with Crippen molar-refractivity contribution < 1.29 is 4.79 Å². The number of nitrogens with two attached hydrogens (primary N) is 1. The average molecular weight is 281 g/mol. The molecule has 0 bridgehead atoms. The summed E-state index contributed by atoms with van der Waals surface area (Å²) in [5, 5.41) is 8.77. The molecule has 0 spiro atoms.